The van der Waals surface area contributed by atoms with E-state index < -0.39 is 0 Å². The molecule has 5 nitrogen and oxygen atoms in total. The summed E-state index contributed by atoms with van der Waals surface area (Å²) >= 11 is 0. The zero-order valence-electron chi connectivity index (χ0n) is 11.5. The van der Waals surface area contributed by atoms with Gasteiger partial charge in [0.2, 0.25) is 0 Å². The van der Waals surface area contributed by atoms with Gasteiger partial charge in [0.15, 0.2) is 6.61 Å². The first-order valence-corrected chi connectivity index (χ1v) is 6.30. The first-order valence-electron chi connectivity index (χ1n) is 6.30. The maximum atomic E-state index is 11.6. The second kappa shape index (κ2) is 6.56. The molecule has 0 aliphatic carbocycles. The van der Waals surface area contributed by atoms with Crippen LogP contribution in [0.25, 0.3) is 0 Å². The third kappa shape index (κ3) is 3.98. The largest absolute Gasteiger partial charge is 0.483 e. The van der Waals surface area contributed by atoms with Crippen molar-refractivity contribution < 1.29 is 9.53 Å². The van der Waals surface area contributed by atoms with Crippen molar-refractivity contribution in [1.82, 2.24) is 10.4 Å². The fraction of sp³-hybridized carbons (Fsp3) is 0.200. The number of aromatic nitrogens is 1. The summed E-state index contributed by atoms with van der Waals surface area (Å²) < 4.78 is 5.45. The molecule has 0 aliphatic rings. The number of benzene rings is 1. The highest BCUT2D eigenvalue weighted by molar-refractivity contribution is 5.81. The molecule has 1 aromatic heterocycles. The number of carbonyl (C=O) groups excluding carboxylic acids is 1. The Bertz CT molecular complexity index is 604. The molecular weight excluding hydrogens is 254 g/mol. The first kappa shape index (κ1) is 13.9. The Labute approximate surface area is 117 Å². The lowest BCUT2D eigenvalue weighted by Crippen LogP contribution is -2.24. The third-order valence-corrected chi connectivity index (χ3v) is 2.70. The van der Waals surface area contributed by atoms with E-state index in [2.05, 4.69) is 15.5 Å². The molecule has 0 aliphatic heterocycles. The zero-order valence-corrected chi connectivity index (χ0v) is 11.5. The normalized spacial score (nSPS) is 10.7. The minimum atomic E-state index is -0.298. The highest BCUT2D eigenvalue weighted by Crippen LogP contribution is 2.18. The fourth-order valence-electron chi connectivity index (χ4n) is 1.74. The zero-order chi connectivity index (χ0) is 14.4. The van der Waals surface area contributed by atoms with E-state index in [-0.39, 0.29) is 12.5 Å². The van der Waals surface area contributed by atoms with E-state index in [1.54, 1.807) is 6.20 Å². The van der Waals surface area contributed by atoms with Gasteiger partial charge < -0.3 is 9.72 Å². The van der Waals surface area contributed by atoms with Gasteiger partial charge in [-0.2, -0.15) is 5.10 Å². The summed E-state index contributed by atoms with van der Waals surface area (Å²) in [5.74, 6) is 0.409. The number of ether oxygens (including phenoxy) is 1. The average molecular weight is 271 g/mol. The molecule has 5 heteroatoms. The van der Waals surface area contributed by atoms with Crippen molar-refractivity contribution in [3.8, 4) is 5.75 Å². The second-order valence-corrected chi connectivity index (χ2v) is 4.48. The maximum Gasteiger partial charge on any atom is 0.277 e. The topological polar surface area (TPSA) is 66.5 Å². The van der Waals surface area contributed by atoms with Gasteiger partial charge in [-0.1, -0.05) is 17.7 Å². The molecular formula is C15H17N3O2. The van der Waals surface area contributed by atoms with Crippen LogP contribution in [0.3, 0.4) is 0 Å². The summed E-state index contributed by atoms with van der Waals surface area (Å²) in [6.45, 7) is 3.90. The summed E-state index contributed by atoms with van der Waals surface area (Å²) in [5.41, 5.74) is 5.40. The van der Waals surface area contributed by atoms with Crippen LogP contribution in [0.5, 0.6) is 5.75 Å². The molecule has 0 fully saturated rings. The van der Waals surface area contributed by atoms with Crippen molar-refractivity contribution >= 4 is 12.1 Å². The second-order valence-electron chi connectivity index (χ2n) is 4.48. The van der Waals surface area contributed by atoms with Gasteiger partial charge in [0.1, 0.15) is 5.75 Å². The standard InChI is InChI=1S/C15H17N3O2/c1-11-5-6-14(12(2)8-11)20-10-15(19)18-17-9-13-4-3-7-16-13/h3-9,16H,10H2,1-2H3,(H,18,19)/b17-9+. The Morgan fingerprint density at radius 3 is 2.95 bits per heavy atom. The number of carbonyl (C=O) groups is 1. The van der Waals surface area contributed by atoms with Gasteiger partial charge in [-0.15, -0.1) is 0 Å². The van der Waals surface area contributed by atoms with E-state index >= 15 is 0 Å². The molecule has 0 radical (unpaired) electrons. The molecule has 2 rings (SSSR count). The van der Waals surface area contributed by atoms with Crippen LogP contribution in [0, 0.1) is 13.8 Å². The van der Waals surface area contributed by atoms with Crippen molar-refractivity contribution in [3.63, 3.8) is 0 Å². The van der Waals surface area contributed by atoms with E-state index in [9.17, 15) is 4.79 Å². The summed E-state index contributed by atoms with van der Waals surface area (Å²) in [7, 11) is 0. The van der Waals surface area contributed by atoms with Gasteiger partial charge in [-0.3, -0.25) is 4.79 Å². The summed E-state index contributed by atoms with van der Waals surface area (Å²) in [4.78, 5) is 14.5. The third-order valence-electron chi connectivity index (χ3n) is 2.70. The average Bonchev–Trinajstić information content (AvgIpc) is 2.91. The predicted molar refractivity (Wildman–Crippen MR) is 77.9 cm³/mol. The van der Waals surface area contributed by atoms with Gasteiger partial charge in [0.25, 0.3) is 5.91 Å². The molecule has 0 spiro atoms. The molecule has 1 aromatic carbocycles. The summed E-state index contributed by atoms with van der Waals surface area (Å²) in [5, 5.41) is 3.83. The van der Waals surface area contributed by atoms with Crippen LogP contribution in [0.4, 0.5) is 0 Å². The van der Waals surface area contributed by atoms with Gasteiger partial charge in [0.05, 0.1) is 11.9 Å². The lowest BCUT2D eigenvalue weighted by Gasteiger charge is -2.08. The van der Waals surface area contributed by atoms with Gasteiger partial charge in [-0.25, -0.2) is 5.43 Å². The molecule has 104 valence electrons. The van der Waals surface area contributed by atoms with E-state index in [0.29, 0.717) is 5.75 Å². The Morgan fingerprint density at radius 2 is 2.25 bits per heavy atom. The number of hydrogen-bond donors (Lipinski definition) is 2. The van der Waals surface area contributed by atoms with Crippen LogP contribution >= 0.6 is 0 Å². The molecule has 0 saturated heterocycles. The van der Waals surface area contributed by atoms with Crippen LogP contribution in [0.2, 0.25) is 0 Å². The number of hydrazone groups is 1. The Hall–Kier alpha value is -2.56. The number of rotatable bonds is 5. The minimum Gasteiger partial charge on any atom is -0.483 e. The first-order chi connectivity index (χ1) is 9.65. The van der Waals surface area contributed by atoms with Crippen molar-refractivity contribution in [2.24, 2.45) is 5.10 Å². The van der Waals surface area contributed by atoms with Gasteiger partial charge >= 0.3 is 0 Å². The summed E-state index contributed by atoms with van der Waals surface area (Å²) in [6.07, 6.45) is 3.32. The van der Waals surface area contributed by atoms with Gasteiger partial charge in [0, 0.05) is 6.20 Å². The minimum absolute atomic E-state index is 0.0635. The number of aryl methyl sites for hydroxylation is 2. The lowest BCUT2D eigenvalue weighted by atomic mass is 10.1. The fourth-order valence-corrected chi connectivity index (χ4v) is 1.74. The lowest BCUT2D eigenvalue weighted by molar-refractivity contribution is -0.123. The Kier molecular flexibility index (Phi) is 4.55. The van der Waals surface area contributed by atoms with Crippen LogP contribution in [-0.2, 0) is 4.79 Å². The maximum absolute atomic E-state index is 11.6. The highest BCUT2D eigenvalue weighted by atomic mass is 16.5. The molecule has 1 amide bonds. The Balaban J connectivity index is 1.80. The number of aromatic amines is 1. The van der Waals surface area contributed by atoms with E-state index in [1.807, 2.05) is 44.2 Å². The number of hydrogen-bond acceptors (Lipinski definition) is 3. The van der Waals surface area contributed by atoms with Crippen molar-refractivity contribution in [2.45, 2.75) is 13.8 Å². The molecule has 1 heterocycles. The molecule has 2 N–H and O–H groups in total. The molecule has 0 bridgehead atoms. The van der Waals surface area contributed by atoms with E-state index in [0.717, 1.165) is 16.8 Å². The SMILES string of the molecule is Cc1ccc(OCC(=O)N/N=C/c2ccc[nH]2)c(C)c1. The molecule has 0 saturated carbocycles. The smallest absolute Gasteiger partial charge is 0.277 e. The van der Waals surface area contributed by atoms with E-state index in [1.165, 1.54) is 6.21 Å². The van der Waals surface area contributed by atoms with E-state index in [4.69, 9.17) is 4.74 Å². The van der Waals surface area contributed by atoms with Crippen LogP contribution < -0.4 is 10.2 Å². The van der Waals surface area contributed by atoms with Crippen molar-refractivity contribution in [2.75, 3.05) is 6.61 Å². The van der Waals surface area contributed by atoms with Crippen LogP contribution in [0.1, 0.15) is 16.8 Å². The van der Waals surface area contributed by atoms with Crippen LogP contribution in [-0.4, -0.2) is 23.7 Å². The Morgan fingerprint density at radius 1 is 1.40 bits per heavy atom. The quantitative estimate of drug-likeness (QED) is 0.646. The monoisotopic (exact) mass is 271 g/mol. The molecule has 2 aromatic rings. The number of amides is 1. The van der Waals surface area contributed by atoms with Crippen molar-refractivity contribution in [1.29, 1.82) is 0 Å². The summed E-state index contributed by atoms with van der Waals surface area (Å²) in [6, 6.07) is 9.52. The van der Waals surface area contributed by atoms with Crippen molar-refractivity contribution in [3.05, 3.63) is 53.3 Å². The molecule has 0 unspecified atom stereocenters. The number of H-pyrrole nitrogens is 1. The number of nitrogens with one attached hydrogen (secondary N) is 2. The molecule has 20 heavy (non-hydrogen) atoms. The van der Waals surface area contributed by atoms with Gasteiger partial charge in [-0.05, 0) is 37.6 Å². The predicted octanol–water partition coefficient (Wildman–Crippen LogP) is 2.16. The molecule has 0 atom stereocenters. The number of nitrogens with zero attached hydrogens (tertiary/aromatic N) is 1. The van der Waals surface area contributed by atoms with Crippen LogP contribution in [0.15, 0.2) is 41.6 Å². The highest BCUT2D eigenvalue weighted by Gasteiger charge is 2.03.